The van der Waals surface area contributed by atoms with Crippen molar-refractivity contribution in [3.8, 4) is 11.4 Å². The second kappa shape index (κ2) is 5.79. The number of aliphatic hydroxyl groups excluding tert-OH is 1. The Kier molecular flexibility index (Phi) is 4.31. The first-order chi connectivity index (χ1) is 9.01. The number of aliphatic hydroxyl groups is 1. The SMILES string of the molecule is CCC(O)C(C)c1nc(-c2cc(F)cc(Br)c2)no1. The zero-order valence-corrected chi connectivity index (χ0v) is 12.2. The van der Waals surface area contributed by atoms with Crippen LogP contribution in [-0.2, 0) is 0 Å². The highest BCUT2D eigenvalue weighted by molar-refractivity contribution is 9.10. The van der Waals surface area contributed by atoms with Crippen molar-refractivity contribution in [2.24, 2.45) is 0 Å². The summed E-state index contributed by atoms with van der Waals surface area (Å²) in [6.07, 6.45) is 0.0669. The summed E-state index contributed by atoms with van der Waals surface area (Å²) >= 11 is 3.21. The summed E-state index contributed by atoms with van der Waals surface area (Å²) in [5.41, 5.74) is 0.528. The minimum atomic E-state index is -0.535. The van der Waals surface area contributed by atoms with Gasteiger partial charge in [-0.25, -0.2) is 4.39 Å². The molecule has 0 amide bonds. The fourth-order valence-corrected chi connectivity index (χ4v) is 2.20. The highest BCUT2D eigenvalue weighted by Gasteiger charge is 2.21. The van der Waals surface area contributed by atoms with Crippen LogP contribution >= 0.6 is 15.9 Å². The summed E-state index contributed by atoms with van der Waals surface area (Å²) in [5.74, 6) is 0.0377. The van der Waals surface area contributed by atoms with Crippen LogP contribution < -0.4 is 0 Å². The Hall–Kier alpha value is -1.27. The van der Waals surface area contributed by atoms with E-state index in [2.05, 4.69) is 26.1 Å². The Labute approximate surface area is 118 Å². The zero-order chi connectivity index (χ0) is 14.0. The van der Waals surface area contributed by atoms with Gasteiger partial charge in [-0.2, -0.15) is 4.98 Å². The number of hydrogen-bond donors (Lipinski definition) is 1. The van der Waals surface area contributed by atoms with Gasteiger partial charge in [-0.1, -0.05) is 34.9 Å². The Bertz CT molecular complexity index is 553. The molecule has 4 nitrogen and oxygen atoms in total. The van der Waals surface area contributed by atoms with Crippen LogP contribution in [0.15, 0.2) is 27.2 Å². The molecule has 19 heavy (non-hydrogen) atoms. The smallest absolute Gasteiger partial charge is 0.232 e. The van der Waals surface area contributed by atoms with Crippen molar-refractivity contribution in [2.75, 3.05) is 0 Å². The highest BCUT2D eigenvalue weighted by Crippen LogP contribution is 2.25. The second-order valence-corrected chi connectivity index (χ2v) is 5.29. The van der Waals surface area contributed by atoms with Gasteiger partial charge in [0.1, 0.15) is 5.82 Å². The molecule has 1 N–H and O–H groups in total. The molecule has 0 fully saturated rings. The van der Waals surface area contributed by atoms with Gasteiger partial charge in [0.15, 0.2) is 0 Å². The van der Waals surface area contributed by atoms with Crippen LogP contribution in [0.4, 0.5) is 4.39 Å². The molecule has 2 rings (SSSR count). The summed E-state index contributed by atoms with van der Waals surface area (Å²) in [5, 5.41) is 13.6. The lowest BCUT2D eigenvalue weighted by molar-refractivity contribution is 0.129. The molecule has 2 aromatic rings. The Morgan fingerprint density at radius 3 is 2.79 bits per heavy atom. The molecule has 2 unspecified atom stereocenters. The van der Waals surface area contributed by atoms with Crippen molar-refractivity contribution >= 4 is 15.9 Å². The Morgan fingerprint density at radius 1 is 1.42 bits per heavy atom. The third kappa shape index (κ3) is 3.19. The summed E-state index contributed by atoms with van der Waals surface area (Å²) in [7, 11) is 0. The number of hydrogen-bond acceptors (Lipinski definition) is 4. The lowest BCUT2D eigenvalue weighted by Crippen LogP contribution is -2.14. The maximum atomic E-state index is 13.3. The predicted octanol–water partition coefficient (Wildman–Crippen LogP) is 3.51. The van der Waals surface area contributed by atoms with E-state index < -0.39 is 6.10 Å². The molecule has 0 aliphatic carbocycles. The third-order valence-electron chi connectivity index (χ3n) is 2.95. The zero-order valence-electron chi connectivity index (χ0n) is 10.6. The lowest BCUT2D eigenvalue weighted by atomic mass is 10.0. The minimum Gasteiger partial charge on any atom is -0.392 e. The van der Waals surface area contributed by atoms with Crippen LogP contribution in [0.5, 0.6) is 0 Å². The molecule has 1 aromatic heterocycles. The normalized spacial score (nSPS) is 14.4. The number of halogens is 2. The summed E-state index contributed by atoms with van der Waals surface area (Å²) in [4.78, 5) is 4.21. The number of aromatic nitrogens is 2. The minimum absolute atomic E-state index is 0.247. The average Bonchev–Trinajstić information content (AvgIpc) is 2.85. The lowest BCUT2D eigenvalue weighted by Gasteiger charge is -2.11. The molecule has 1 aromatic carbocycles. The van der Waals surface area contributed by atoms with Crippen molar-refractivity contribution in [3.05, 3.63) is 34.4 Å². The molecular weight excluding hydrogens is 315 g/mol. The molecule has 2 atom stereocenters. The van der Waals surface area contributed by atoms with Crippen molar-refractivity contribution in [2.45, 2.75) is 32.3 Å². The van der Waals surface area contributed by atoms with Crippen molar-refractivity contribution in [1.29, 1.82) is 0 Å². The van der Waals surface area contributed by atoms with Crippen LogP contribution in [0.1, 0.15) is 32.1 Å². The van der Waals surface area contributed by atoms with Gasteiger partial charge in [-0.15, -0.1) is 0 Å². The first kappa shape index (κ1) is 14.1. The third-order valence-corrected chi connectivity index (χ3v) is 3.41. The Morgan fingerprint density at radius 2 is 2.16 bits per heavy atom. The highest BCUT2D eigenvalue weighted by atomic mass is 79.9. The van der Waals surface area contributed by atoms with E-state index in [1.807, 2.05) is 13.8 Å². The molecule has 0 radical (unpaired) electrons. The van der Waals surface area contributed by atoms with Crippen molar-refractivity contribution < 1.29 is 14.0 Å². The van der Waals surface area contributed by atoms with Gasteiger partial charge in [0.25, 0.3) is 0 Å². The molecule has 0 aliphatic heterocycles. The van der Waals surface area contributed by atoms with Crippen LogP contribution in [-0.4, -0.2) is 21.4 Å². The topological polar surface area (TPSA) is 59.2 Å². The van der Waals surface area contributed by atoms with E-state index >= 15 is 0 Å². The molecule has 1 heterocycles. The van der Waals surface area contributed by atoms with Gasteiger partial charge in [-0.05, 0) is 24.6 Å². The quantitative estimate of drug-likeness (QED) is 0.932. The molecule has 0 aliphatic rings. The fourth-order valence-electron chi connectivity index (χ4n) is 1.74. The molecule has 6 heteroatoms. The van der Waals surface area contributed by atoms with E-state index in [1.165, 1.54) is 12.1 Å². The van der Waals surface area contributed by atoms with E-state index in [0.29, 0.717) is 28.2 Å². The van der Waals surface area contributed by atoms with Gasteiger partial charge in [-0.3, -0.25) is 0 Å². The van der Waals surface area contributed by atoms with Crippen LogP contribution in [0.25, 0.3) is 11.4 Å². The molecule has 102 valence electrons. The van der Waals surface area contributed by atoms with Gasteiger partial charge in [0, 0.05) is 10.0 Å². The predicted molar refractivity (Wildman–Crippen MR) is 72.1 cm³/mol. The summed E-state index contributed by atoms with van der Waals surface area (Å²) < 4.78 is 19.0. The summed E-state index contributed by atoms with van der Waals surface area (Å²) in [6.45, 7) is 3.69. The average molecular weight is 329 g/mol. The Balaban J connectivity index is 2.30. The summed E-state index contributed by atoms with van der Waals surface area (Å²) in [6, 6.07) is 4.40. The first-order valence-electron chi connectivity index (χ1n) is 5.99. The number of benzene rings is 1. The van der Waals surface area contributed by atoms with Crippen LogP contribution in [0, 0.1) is 5.82 Å². The molecule has 0 spiro atoms. The van der Waals surface area contributed by atoms with E-state index in [4.69, 9.17) is 4.52 Å². The molecule has 0 saturated carbocycles. The van der Waals surface area contributed by atoms with E-state index in [0.717, 1.165) is 0 Å². The maximum Gasteiger partial charge on any atom is 0.232 e. The monoisotopic (exact) mass is 328 g/mol. The second-order valence-electron chi connectivity index (χ2n) is 4.38. The maximum absolute atomic E-state index is 13.3. The van der Waals surface area contributed by atoms with Gasteiger partial charge in [0.05, 0.1) is 12.0 Å². The molecule has 0 saturated heterocycles. The molecule has 0 bridgehead atoms. The fraction of sp³-hybridized carbons (Fsp3) is 0.385. The standard InChI is InChI=1S/C13H14BrFN2O2/c1-3-11(18)7(2)13-16-12(17-19-13)8-4-9(14)6-10(15)5-8/h4-7,11,18H,3H2,1-2H3. The first-order valence-corrected chi connectivity index (χ1v) is 6.78. The van der Waals surface area contributed by atoms with E-state index in [-0.39, 0.29) is 11.7 Å². The number of nitrogens with zero attached hydrogens (tertiary/aromatic N) is 2. The molecular formula is C13H14BrFN2O2. The van der Waals surface area contributed by atoms with E-state index in [1.54, 1.807) is 6.07 Å². The largest absolute Gasteiger partial charge is 0.392 e. The van der Waals surface area contributed by atoms with Crippen molar-refractivity contribution in [1.82, 2.24) is 10.1 Å². The van der Waals surface area contributed by atoms with Gasteiger partial charge in [0.2, 0.25) is 11.7 Å². The van der Waals surface area contributed by atoms with Crippen molar-refractivity contribution in [3.63, 3.8) is 0 Å². The van der Waals surface area contributed by atoms with Crippen LogP contribution in [0.3, 0.4) is 0 Å². The van der Waals surface area contributed by atoms with Gasteiger partial charge >= 0.3 is 0 Å². The van der Waals surface area contributed by atoms with Crippen LogP contribution in [0.2, 0.25) is 0 Å². The van der Waals surface area contributed by atoms with E-state index in [9.17, 15) is 9.50 Å². The number of rotatable bonds is 4. The van der Waals surface area contributed by atoms with Gasteiger partial charge < -0.3 is 9.63 Å².